The molecule has 1 amide bonds. The van der Waals surface area contributed by atoms with Crippen LogP contribution in [0.2, 0.25) is 10.0 Å². The van der Waals surface area contributed by atoms with Crippen molar-refractivity contribution in [1.82, 2.24) is 5.43 Å². The van der Waals surface area contributed by atoms with Gasteiger partial charge in [0.15, 0.2) is 0 Å². The van der Waals surface area contributed by atoms with Crippen molar-refractivity contribution in [3.05, 3.63) is 67.0 Å². The molecule has 0 saturated carbocycles. The molecule has 0 aliphatic carbocycles. The number of ether oxygens (including phenoxy) is 1. The number of amides is 1. The van der Waals surface area contributed by atoms with Crippen LogP contribution >= 0.6 is 34.5 Å². The summed E-state index contributed by atoms with van der Waals surface area (Å²) in [6.45, 7) is 0. The van der Waals surface area contributed by atoms with Gasteiger partial charge in [-0.25, -0.2) is 5.43 Å². The van der Waals surface area contributed by atoms with Gasteiger partial charge in [0, 0.05) is 32.8 Å². The Kier molecular flexibility index (Phi) is 5.59. The van der Waals surface area contributed by atoms with Gasteiger partial charge in [-0.2, -0.15) is 5.10 Å². The molecule has 0 radical (unpaired) electrons. The van der Waals surface area contributed by atoms with Crippen LogP contribution in [-0.4, -0.2) is 24.2 Å². The number of nitrogens with zero attached hydrogens (tertiary/aromatic N) is 2. The molecular formula is C17H11Cl2N3O4S. The van der Waals surface area contributed by atoms with Crippen molar-refractivity contribution >= 4 is 62.4 Å². The number of carbonyl (C=O) groups is 1. The molecule has 3 rings (SSSR count). The number of nitro groups is 1. The molecule has 0 unspecified atom stereocenters. The molecule has 1 heterocycles. The summed E-state index contributed by atoms with van der Waals surface area (Å²) < 4.78 is 5.96. The minimum absolute atomic E-state index is 0.131. The van der Waals surface area contributed by atoms with Gasteiger partial charge in [-0.15, -0.1) is 11.3 Å². The molecule has 2 aromatic carbocycles. The van der Waals surface area contributed by atoms with E-state index in [1.165, 1.54) is 35.8 Å². The molecule has 0 aliphatic rings. The van der Waals surface area contributed by atoms with Crippen LogP contribution in [-0.2, 0) is 0 Å². The summed E-state index contributed by atoms with van der Waals surface area (Å²) in [5.74, 6) is 0.156. The van der Waals surface area contributed by atoms with Crippen LogP contribution in [0.25, 0.3) is 10.1 Å². The van der Waals surface area contributed by atoms with Crippen molar-refractivity contribution in [2.24, 2.45) is 5.10 Å². The van der Waals surface area contributed by atoms with Crippen molar-refractivity contribution in [1.29, 1.82) is 0 Å². The molecule has 0 atom stereocenters. The SMILES string of the molecule is COc1ccc2c(Cl)c(C(=O)NN=Cc3cc([N+](=O)[O-])ccc3Cl)sc2c1. The van der Waals surface area contributed by atoms with Crippen LogP contribution in [0.3, 0.4) is 0 Å². The van der Waals surface area contributed by atoms with E-state index < -0.39 is 10.8 Å². The van der Waals surface area contributed by atoms with Crippen molar-refractivity contribution in [2.45, 2.75) is 0 Å². The average Bonchev–Trinajstić information content (AvgIpc) is 2.99. The van der Waals surface area contributed by atoms with Gasteiger partial charge in [-0.3, -0.25) is 14.9 Å². The summed E-state index contributed by atoms with van der Waals surface area (Å²) in [5.41, 5.74) is 2.52. The maximum atomic E-state index is 12.4. The Bertz CT molecular complexity index is 1080. The quantitative estimate of drug-likeness (QED) is 0.359. The van der Waals surface area contributed by atoms with Crippen LogP contribution in [0.5, 0.6) is 5.75 Å². The first-order valence-electron chi connectivity index (χ1n) is 7.44. The van der Waals surface area contributed by atoms with Crippen molar-refractivity contribution in [3.63, 3.8) is 0 Å². The fourth-order valence-corrected chi connectivity index (χ4v) is 3.88. The van der Waals surface area contributed by atoms with E-state index in [2.05, 4.69) is 10.5 Å². The van der Waals surface area contributed by atoms with Gasteiger partial charge >= 0.3 is 0 Å². The van der Waals surface area contributed by atoms with Gasteiger partial charge in [-0.05, 0) is 24.3 Å². The molecule has 0 bridgehead atoms. The minimum Gasteiger partial charge on any atom is -0.497 e. The smallest absolute Gasteiger partial charge is 0.283 e. The van der Waals surface area contributed by atoms with Gasteiger partial charge in [0.05, 0.1) is 23.3 Å². The predicted molar refractivity (Wildman–Crippen MR) is 107 cm³/mol. The molecular weight excluding hydrogens is 413 g/mol. The zero-order valence-electron chi connectivity index (χ0n) is 13.7. The van der Waals surface area contributed by atoms with Crippen LogP contribution in [0.1, 0.15) is 15.2 Å². The van der Waals surface area contributed by atoms with E-state index in [0.717, 1.165) is 10.1 Å². The second-order valence-electron chi connectivity index (χ2n) is 5.27. The number of fused-ring (bicyclic) bond motifs is 1. The van der Waals surface area contributed by atoms with Crippen LogP contribution in [0.15, 0.2) is 41.5 Å². The number of nitro benzene ring substituents is 1. The van der Waals surface area contributed by atoms with Crippen molar-refractivity contribution in [3.8, 4) is 5.75 Å². The Morgan fingerprint density at radius 1 is 1.30 bits per heavy atom. The monoisotopic (exact) mass is 423 g/mol. The lowest BCUT2D eigenvalue weighted by atomic mass is 10.2. The summed E-state index contributed by atoms with van der Waals surface area (Å²) in [6.07, 6.45) is 1.23. The normalized spacial score (nSPS) is 11.1. The molecule has 3 aromatic rings. The molecule has 0 fully saturated rings. The van der Waals surface area contributed by atoms with Crippen molar-refractivity contribution < 1.29 is 14.5 Å². The van der Waals surface area contributed by atoms with E-state index >= 15 is 0 Å². The fourth-order valence-electron chi connectivity index (χ4n) is 2.27. The highest BCUT2D eigenvalue weighted by Crippen LogP contribution is 2.37. The number of rotatable bonds is 5. The first-order chi connectivity index (χ1) is 12.9. The third kappa shape index (κ3) is 4.02. The first-order valence-corrected chi connectivity index (χ1v) is 9.01. The lowest BCUT2D eigenvalue weighted by molar-refractivity contribution is -0.384. The van der Waals surface area contributed by atoms with E-state index in [4.69, 9.17) is 27.9 Å². The number of nitrogens with one attached hydrogen (secondary N) is 1. The Hall–Kier alpha value is -2.68. The van der Waals surface area contributed by atoms with Crippen molar-refractivity contribution in [2.75, 3.05) is 7.11 Å². The lowest BCUT2D eigenvalue weighted by Gasteiger charge is -1.99. The molecule has 0 saturated heterocycles. The highest BCUT2D eigenvalue weighted by molar-refractivity contribution is 7.21. The molecule has 138 valence electrons. The summed E-state index contributed by atoms with van der Waals surface area (Å²) in [5, 5.41) is 16.0. The van der Waals surface area contributed by atoms with Gasteiger partial charge in [0.1, 0.15) is 10.6 Å². The Morgan fingerprint density at radius 2 is 2.07 bits per heavy atom. The third-order valence-corrected chi connectivity index (χ3v) is 5.60. The second-order valence-corrected chi connectivity index (χ2v) is 7.11. The van der Waals surface area contributed by atoms with Gasteiger partial charge in [-0.1, -0.05) is 23.2 Å². The number of thiophene rings is 1. The van der Waals surface area contributed by atoms with Gasteiger partial charge in [0.2, 0.25) is 0 Å². The number of non-ortho nitro benzene ring substituents is 1. The van der Waals surface area contributed by atoms with E-state index in [1.54, 1.807) is 25.3 Å². The predicted octanol–water partition coefficient (Wildman–Crippen LogP) is 4.89. The van der Waals surface area contributed by atoms with E-state index in [-0.39, 0.29) is 10.7 Å². The number of carbonyl (C=O) groups excluding carboxylic acids is 1. The Labute approximate surface area is 167 Å². The van der Waals surface area contributed by atoms with Crippen LogP contribution in [0, 0.1) is 10.1 Å². The maximum absolute atomic E-state index is 12.4. The fraction of sp³-hybridized carbons (Fsp3) is 0.0588. The highest BCUT2D eigenvalue weighted by atomic mass is 35.5. The standard InChI is InChI=1S/C17H11Cl2N3O4S/c1-26-11-3-4-12-14(7-11)27-16(15(12)19)17(23)21-20-8-9-6-10(22(24)25)2-5-13(9)18/h2-8H,1H3,(H,21,23). The third-order valence-electron chi connectivity index (χ3n) is 3.60. The zero-order valence-corrected chi connectivity index (χ0v) is 16.1. The number of halogens is 2. The van der Waals surface area contributed by atoms with Gasteiger partial charge < -0.3 is 4.74 Å². The molecule has 0 aliphatic heterocycles. The highest BCUT2D eigenvalue weighted by Gasteiger charge is 2.17. The largest absolute Gasteiger partial charge is 0.497 e. The van der Waals surface area contributed by atoms with Crippen LogP contribution < -0.4 is 10.2 Å². The molecule has 1 N–H and O–H groups in total. The second kappa shape index (κ2) is 7.91. The first kappa shape index (κ1) is 19.1. The van der Waals surface area contributed by atoms with Crippen LogP contribution in [0.4, 0.5) is 5.69 Å². The molecule has 0 spiro atoms. The molecule has 7 nitrogen and oxygen atoms in total. The minimum atomic E-state index is -0.544. The Balaban J connectivity index is 1.81. The lowest BCUT2D eigenvalue weighted by Crippen LogP contribution is -2.16. The zero-order chi connectivity index (χ0) is 19.6. The molecule has 1 aromatic heterocycles. The average molecular weight is 424 g/mol. The van der Waals surface area contributed by atoms with E-state index in [0.29, 0.717) is 21.2 Å². The number of benzene rings is 2. The number of hydrazone groups is 1. The van der Waals surface area contributed by atoms with E-state index in [1.807, 2.05) is 0 Å². The summed E-state index contributed by atoms with van der Waals surface area (Å²) in [6, 6.07) is 9.25. The molecule has 27 heavy (non-hydrogen) atoms. The number of methoxy groups -OCH3 is 1. The Morgan fingerprint density at radius 3 is 2.78 bits per heavy atom. The molecule has 10 heteroatoms. The summed E-state index contributed by atoms with van der Waals surface area (Å²) in [4.78, 5) is 22.9. The topological polar surface area (TPSA) is 93.8 Å². The number of hydrogen-bond donors (Lipinski definition) is 1. The summed E-state index contributed by atoms with van der Waals surface area (Å²) in [7, 11) is 1.55. The number of hydrogen-bond acceptors (Lipinski definition) is 6. The summed E-state index contributed by atoms with van der Waals surface area (Å²) >= 11 is 13.5. The van der Waals surface area contributed by atoms with Gasteiger partial charge in [0.25, 0.3) is 11.6 Å². The van der Waals surface area contributed by atoms with E-state index in [9.17, 15) is 14.9 Å². The maximum Gasteiger partial charge on any atom is 0.283 e.